The summed E-state index contributed by atoms with van der Waals surface area (Å²) in [5, 5.41) is 3.14. The third kappa shape index (κ3) is 3.33. The Morgan fingerprint density at radius 1 is 1.12 bits per heavy atom. The van der Waals surface area contributed by atoms with E-state index in [1.54, 1.807) is 13.1 Å². The average Bonchev–Trinajstić information content (AvgIpc) is 3.26. The zero-order valence-electron chi connectivity index (χ0n) is 17.7. The summed E-state index contributed by atoms with van der Waals surface area (Å²) in [7, 11) is 2.97. The van der Waals surface area contributed by atoms with Crippen molar-refractivity contribution in [3.8, 4) is 0 Å². The second-order valence-electron chi connectivity index (χ2n) is 8.02. The van der Waals surface area contributed by atoms with Gasteiger partial charge >= 0.3 is 5.69 Å². The van der Waals surface area contributed by atoms with Crippen molar-refractivity contribution < 1.29 is 9.21 Å². The molecule has 0 atom stereocenters. The van der Waals surface area contributed by atoms with E-state index in [1.807, 2.05) is 29.2 Å². The number of amides is 1. The van der Waals surface area contributed by atoms with Crippen molar-refractivity contribution in [2.45, 2.75) is 12.8 Å². The molecule has 164 valence electrons. The summed E-state index contributed by atoms with van der Waals surface area (Å²) in [6, 6.07) is 9.76. The number of benzene rings is 1. The minimum atomic E-state index is -0.447. The molecular weight excluding hydrogens is 412 g/mol. The normalized spacial score (nSPS) is 14.9. The van der Waals surface area contributed by atoms with Gasteiger partial charge in [-0.15, -0.1) is 0 Å². The summed E-state index contributed by atoms with van der Waals surface area (Å²) in [5.74, 6) is -0.292. The number of anilines is 2. The van der Waals surface area contributed by atoms with Gasteiger partial charge in [0.15, 0.2) is 5.58 Å². The van der Waals surface area contributed by atoms with E-state index in [2.05, 4.69) is 15.3 Å². The number of fused-ring (bicyclic) bond motifs is 2. The number of para-hydroxylation sites is 2. The summed E-state index contributed by atoms with van der Waals surface area (Å²) >= 11 is 0. The number of carbonyl (C=O) groups is 1. The van der Waals surface area contributed by atoms with Crippen LogP contribution in [-0.2, 0) is 18.9 Å². The van der Waals surface area contributed by atoms with Crippen molar-refractivity contribution >= 4 is 39.7 Å². The van der Waals surface area contributed by atoms with E-state index in [1.165, 1.54) is 17.8 Å². The highest BCUT2D eigenvalue weighted by molar-refractivity contribution is 5.94. The van der Waals surface area contributed by atoms with Gasteiger partial charge in [0, 0.05) is 33.1 Å². The maximum Gasteiger partial charge on any atom is 0.332 e. The molecule has 0 aliphatic carbocycles. The van der Waals surface area contributed by atoms with Gasteiger partial charge in [-0.1, -0.05) is 12.1 Å². The Bertz CT molecular complexity index is 1430. The van der Waals surface area contributed by atoms with Gasteiger partial charge in [0.25, 0.3) is 11.6 Å². The molecule has 0 radical (unpaired) electrons. The average molecular weight is 434 g/mol. The van der Waals surface area contributed by atoms with Crippen LogP contribution in [0.1, 0.15) is 12.8 Å². The summed E-state index contributed by atoms with van der Waals surface area (Å²) in [6.07, 6.45) is 2.77. The number of rotatable bonds is 3. The lowest BCUT2D eigenvalue weighted by molar-refractivity contribution is -0.120. The van der Waals surface area contributed by atoms with E-state index in [9.17, 15) is 14.4 Å². The minimum Gasteiger partial charge on any atom is -0.423 e. The van der Waals surface area contributed by atoms with Crippen LogP contribution < -0.4 is 21.5 Å². The number of aromatic nitrogens is 4. The Kier molecular flexibility index (Phi) is 4.76. The largest absolute Gasteiger partial charge is 0.423 e. The Morgan fingerprint density at radius 2 is 1.88 bits per heavy atom. The number of hydrogen-bond acceptors (Lipinski definition) is 7. The number of piperidine rings is 1. The van der Waals surface area contributed by atoms with Crippen molar-refractivity contribution in [2.75, 3.05) is 23.3 Å². The number of oxazole rings is 1. The third-order valence-corrected chi connectivity index (χ3v) is 5.98. The van der Waals surface area contributed by atoms with Crippen LogP contribution in [0.4, 0.5) is 11.7 Å². The highest BCUT2D eigenvalue weighted by Gasteiger charge is 2.27. The molecule has 0 bridgehead atoms. The Hall–Kier alpha value is -3.95. The molecule has 1 fully saturated rings. The van der Waals surface area contributed by atoms with Crippen LogP contribution in [0.25, 0.3) is 22.1 Å². The molecule has 1 aromatic carbocycles. The number of aryl methyl sites for hydroxylation is 1. The molecule has 1 amide bonds. The number of carbonyl (C=O) groups excluding carboxylic acids is 1. The van der Waals surface area contributed by atoms with Gasteiger partial charge in [0.1, 0.15) is 11.2 Å². The highest BCUT2D eigenvalue weighted by Crippen LogP contribution is 2.27. The van der Waals surface area contributed by atoms with Gasteiger partial charge in [-0.25, -0.2) is 9.78 Å². The van der Waals surface area contributed by atoms with Gasteiger partial charge in [0.2, 0.25) is 5.91 Å². The van der Waals surface area contributed by atoms with Gasteiger partial charge in [0.05, 0.1) is 17.3 Å². The van der Waals surface area contributed by atoms with Crippen molar-refractivity contribution in [3.05, 3.63) is 57.4 Å². The van der Waals surface area contributed by atoms with E-state index in [4.69, 9.17) is 4.42 Å². The molecule has 1 aliphatic heterocycles. The molecule has 3 aromatic heterocycles. The first-order valence-electron chi connectivity index (χ1n) is 10.4. The maximum atomic E-state index is 12.8. The van der Waals surface area contributed by atoms with Gasteiger partial charge < -0.3 is 14.6 Å². The Labute approximate surface area is 182 Å². The summed E-state index contributed by atoms with van der Waals surface area (Å²) < 4.78 is 8.16. The standard InChI is InChI=1S/C22H22N6O4/c1-26-18-15(20(30)27(2)22(26)31)11-14(12-23-18)24-19(29)13-7-9-28(10-8-13)21-25-16-5-3-4-6-17(16)32-21/h3-6,11-13H,7-10H2,1-2H3,(H,24,29). The summed E-state index contributed by atoms with van der Waals surface area (Å²) in [4.78, 5) is 48.1. The second kappa shape index (κ2) is 7.63. The molecule has 4 heterocycles. The molecule has 1 saturated heterocycles. The van der Waals surface area contributed by atoms with Crippen molar-refractivity contribution in [1.82, 2.24) is 19.1 Å². The fraction of sp³-hybridized carbons (Fsp3) is 0.318. The van der Waals surface area contributed by atoms with E-state index in [-0.39, 0.29) is 22.9 Å². The van der Waals surface area contributed by atoms with Gasteiger partial charge in [-0.3, -0.25) is 18.7 Å². The van der Waals surface area contributed by atoms with Crippen LogP contribution in [-0.4, -0.2) is 38.1 Å². The van der Waals surface area contributed by atoms with E-state index >= 15 is 0 Å². The van der Waals surface area contributed by atoms with E-state index in [0.717, 1.165) is 15.7 Å². The molecule has 0 unspecified atom stereocenters. The number of hydrogen-bond donors (Lipinski definition) is 1. The predicted molar refractivity (Wildman–Crippen MR) is 120 cm³/mol. The van der Waals surface area contributed by atoms with Crippen LogP contribution in [0.2, 0.25) is 0 Å². The predicted octanol–water partition coefficient (Wildman–Crippen LogP) is 1.63. The van der Waals surface area contributed by atoms with Crippen LogP contribution in [0.15, 0.2) is 50.5 Å². The molecule has 1 N–H and O–H groups in total. The lowest BCUT2D eigenvalue weighted by Crippen LogP contribution is -2.38. The number of pyridine rings is 1. The van der Waals surface area contributed by atoms with Gasteiger partial charge in [-0.05, 0) is 31.0 Å². The second-order valence-corrected chi connectivity index (χ2v) is 8.02. The first-order chi connectivity index (χ1) is 15.4. The smallest absolute Gasteiger partial charge is 0.332 e. The first-order valence-corrected chi connectivity index (χ1v) is 10.4. The molecule has 4 aromatic rings. The molecule has 5 rings (SSSR count). The molecule has 0 saturated carbocycles. The topological polar surface area (TPSA) is 115 Å². The fourth-order valence-corrected chi connectivity index (χ4v) is 4.11. The minimum absolute atomic E-state index is 0.120. The number of nitrogens with one attached hydrogen (secondary N) is 1. The maximum absolute atomic E-state index is 12.8. The van der Waals surface area contributed by atoms with Crippen LogP contribution in [0.3, 0.4) is 0 Å². The first kappa shape index (κ1) is 20.0. The fourth-order valence-electron chi connectivity index (χ4n) is 4.11. The zero-order chi connectivity index (χ0) is 22.4. The SMILES string of the molecule is Cn1c(=O)c2cc(NC(=O)C3CCN(c4nc5ccccc5o4)CC3)cnc2n(C)c1=O. The Morgan fingerprint density at radius 3 is 2.62 bits per heavy atom. The summed E-state index contributed by atoms with van der Waals surface area (Å²) in [6.45, 7) is 1.31. The number of nitrogens with zero attached hydrogens (tertiary/aromatic N) is 5. The molecule has 10 nitrogen and oxygen atoms in total. The van der Waals surface area contributed by atoms with Crippen molar-refractivity contribution in [1.29, 1.82) is 0 Å². The molecule has 1 aliphatic rings. The lowest BCUT2D eigenvalue weighted by atomic mass is 9.96. The Balaban J connectivity index is 1.29. The highest BCUT2D eigenvalue weighted by atomic mass is 16.4. The van der Waals surface area contributed by atoms with Crippen LogP contribution in [0.5, 0.6) is 0 Å². The summed E-state index contributed by atoms with van der Waals surface area (Å²) in [5.41, 5.74) is 1.38. The third-order valence-electron chi connectivity index (χ3n) is 5.98. The molecular formula is C22H22N6O4. The lowest BCUT2D eigenvalue weighted by Gasteiger charge is -2.30. The molecule has 0 spiro atoms. The molecule has 10 heteroatoms. The molecule has 32 heavy (non-hydrogen) atoms. The monoisotopic (exact) mass is 434 g/mol. The van der Waals surface area contributed by atoms with Crippen molar-refractivity contribution in [2.24, 2.45) is 20.0 Å². The van der Waals surface area contributed by atoms with E-state index in [0.29, 0.717) is 37.6 Å². The van der Waals surface area contributed by atoms with Gasteiger partial charge in [-0.2, -0.15) is 4.98 Å². The quantitative estimate of drug-likeness (QED) is 0.521. The zero-order valence-corrected chi connectivity index (χ0v) is 17.7. The van der Waals surface area contributed by atoms with Crippen molar-refractivity contribution in [3.63, 3.8) is 0 Å². The van der Waals surface area contributed by atoms with Crippen LogP contribution >= 0.6 is 0 Å². The van der Waals surface area contributed by atoms with E-state index < -0.39 is 11.2 Å². The van der Waals surface area contributed by atoms with Crippen LogP contribution in [0, 0.1) is 5.92 Å².